The van der Waals surface area contributed by atoms with Crippen LogP contribution in [0.3, 0.4) is 0 Å². The summed E-state index contributed by atoms with van der Waals surface area (Å²) in [5.41, 5.74) is 1.60. The number of carbonyl (C=O) groups excluding carboxylic acids is 1. The van der Waals surface area contributed by atoms with E-state index in [-0.39, 0.29) is 18.1 Å². The number of aromatic nitrogens is 1. The predicted octanol–water partition coefficient (Wildman–Crippen LogP) is 1.20. The molecule has 2 aliphatic heterocycles. The van der Waals surface area contributed by atoms with E-state index in [0.29, 0.717) is 18.2 Å². The monoisotopic (exact) mass is 333 g/mol. The molecule has 3 heterocycles. The van der Waals surface area contributed by atoms with Crippen LogP contribution in [0.4, 0.5) is 0 Å². The van der Waals surface area contributed by atoms with Crippen molar-refractivity contribution in [2.45, 2.75) is 25.5 Å². The summed E-state index contributed by atoms with van der Waals surface area (Å²) in [5, 5.41) is 0. The molecule has 0 bridgehead atoms. The van der Waals surface area contributed by atoms with Gasteiger partial charge in [0, 0.05) is 52.5 Å². The number of aryl methyl sites for hydroxylation is 1. The number of ether oxygens (including phenoxy) is 2. The summed E-state index contributed by atoms with van der Waals surface area (Å²) in [6.45, 7) is 6.16. The second kappa shape index (κ2) is 7.59. The number of fused-ring (bicyclic) bond motifs is 1. The molecule has 0 saturated carbocycles. The number of piperidine rings is 1. The van der Waals surface area contributed by atoms with Crippen LogP contribution in [-0.4, -0.2) is 79.8 Å². The van der Waals surface area contributed by atoms with Crippen LogP contribution in [0.25, 0.3) is 0 Å². The first-order valence-corrected chi connectivity index (χ1v) is 8.61. The Morgan fingerprint density at radius 1 is 1.38 bits per heavy atom. The van der Waals surface area contributed by atoms with Gasteiger partial charge < -0.3 is 14.4 Å². The second-order valence-corrected chi connectivity index (χ2v) is 6.76. The summed E-state index contributed by atoms with van der Waals surface area (Å²) in [4.78, 5) is 21.7. The Balaban J connectivity index is 1.77. The fourth-order valence-corrected chi connectivity index (χ4v) is 3.98. The molecule has 0 spiro atoms. The molecule has 1 aromatic rings. The van der Waals surface area contributed by atoms with Gasteiger partial charge in [-0.05, 0) is 31.0 Å². The SMILES string of the molecule is COCCN1C[C@@H]2[C@@H](OC)CCN(C(=O)c3cc(C)ccn3)[C@@H]2C1. The van der Waals surface area contributed by atoms with E-state index in [9.17, 15) is 4.79 Å². The zero-order valence-electron chi connectivity index (χ0n) is 14.8. The zero-order valence-corrected chi connectivity index (χ0v) is 14.8. The van der Waals surface area contributed by atoms with Crippen LogP contribution in [0.5, 0.6) is 0 Å². The number of amides is 1. The number of likely N-dealkylation sites (tertiary alicyclic amines) is 2. The van der Waals surface area contributed by atoms with Crippen molar-refractivity contribution in [3.8, 4) is 0 Å². The maximum Gasteiger partial charge on any atom is 0.272 e. The molecule has 2 saturated heterocycles. The van der Waals surface area contributed by atoms with E-state index >= 15 is 0 Å². The van der Waals surface area contributed by atoms with E-state index in [0.717, 1.165) is 38.2 Å². The summed E-state index contributed by atoms with van der Waals surface area (Å²) in [6.07, 6.45) is 2.81. The van der Waals surface area contributed by atoms with Crippen molar-refractivity contribution >= 4 is 5.91 Å². The highest BCUT2D eigenvalue weighted by atomic mass is 16.5. The van der Waals surface area contributed by atoms with Crippen molar-refractivity contribution in [2.75, 3.05) is 47.0 Å². The van der Waals surface area contributed by atoms with Gasteiger partial charge in [-0.1, -0.05) is 0 Å². The van der Waals surface area contributed by atoms with Gasteiger partial charge in [-0.15, -0.1) is 0 Å². The smallest absolute Gasteiger partial charge is 0.272 e. The standard InChI is InChI=1S/C18H27N3O3/c1-13-4-6-19-15(10-13)18(22)21-7-5-17(24-3)14-11-20(8-9-23-2)12-16(14)21/h4,6,10,14,16-17H,5,7-9,11-12H2,1-3H3/t14-,16+,17-/m0/s1. The Morgan fingerprint density at radius 3 is 2.92 bits per heavy atom. The quantitative estimate of drug-likeness (QED) is 0.810. The molecule has 1 amide bonds. The Bertz CT molecular complexity index is 580. The number of carbonyl (C=O) groups is 1. The van der Waals surface area contributed by atoms with E-state index in [2.05, 4.69) is 9.88 Å². The van der Waals surface area contributed by atoms with Gasteiger partial charge >= 0.3 is 0 Å². The number of rotatable bonds is 5. The molecule has 0 unspecified atom stereocenters. The fraction of sp³-hybridized carbons (Fsp3) is 0.667. The molecular weight excluding hydrogens is 306 g/mol. The number of hydrogen-bond donors (Lipinski definition) is 0. The fourth-order valence-electron chi connectivity index (χ4n) is 3.98. The Morgan fingerprint density at radius 2 is 2.21 bits per heavy atom. The third-order valence-corrected chi connectivity index (χ3v) is 5.25. The van der Waals surface area contributed by atoms with Crippen molar-refractivity contribution in [3.05, 3.63) is 29.6 Å². The van der Waals surface area contributed by atoms with Gasteiger partial charge in [-0.25, -0.2) is 0 Å². The third-order valence-electron chi connectivity index (χ3n) is 5.25. The largest absolute Gasteiger partial charge is 0.383 e. The lowest BCUT2D eigenvalue weighted by Gasteiger charge is -2.41. The lowest BCUT2D eigenvalue weighted by atomic mass is 9.88. The highest BCUT2D eigenvalue weighted by Gasteiger charge is 2.46. The number of hydrogen-bond acceptors (Lipinski definition) is 5. The maximum absolute atomic E-state index is 13.0. The van der Waals surface area contributed by atoms with Gasteiger partial charge in [0.1, 0.15) is 5.69 Å². The molecular formula is C18H27N3O3. The second-order valence-electron chi connectivity index (χ2n) is 6.76. The number of nitrogens with zero attached hydrogens (tertiary/aromatic N) is 3. The van der Waals surface area contributed by atoms with Crippen LogP contribution in [-0.2, 0) is 9.47 Å². The summed E-state index contributed by atoms with van der Waals surface area (Å²) < 4.78 is 10.9. The number of methoxy groups -OCH3 is 2. The van der Waals surface area contributed by atoms with Crippen molar-refractivity contribution < 1.29 is 14.3 Å². The van der Waals surface area contributed by atoms with Crippen LogP contribution in [0.2, 0.25) is 0 Å². The van der Waals surface area contributed by atoms with Crippen molar-refractivity contribution in [2.24, 2.45) is 5.92 Å². The average molecular weight is 333 g/mol. The van der Waals surface area contributed by atoms with Gasteiger partial charge in [0.2, 0.25) is 0 Å². The van der Waals surface area contributed by atoms with Crippen LogP contribution >= 0.6 is 0 Å². The normalized spacial score (nSPS) is 27.3. The third kappa shape index (κ3) is 3.45. The topological polar surface area (TPSA) is 54.9 Å². The van der Waals surface area contributed by atoms with Gasteiger partial charge in [0.15, 0.2) is 0 Å². The Kier molecular flexibility index (Phi) is 5.48. The predicted molar refractivity (Wildman–Crippen MR) is 91.0 cm³/mol. The first-order chi connectivity index (χ1) is 11.6. The molecule has 0 radical (unpaired) electrons. The van der Waals surface area contributed by atoms with E-state index in [4.69, 9.17) is 9.47 Å². The summed E-state index contributed by atoms with van der Waals surface area (Å²) in [6, 6.07) is 3.98. The summed E-state index contributed by atoms with van der Waals surface area (Å²) in [5.74, 6) is 0.395. The van der Waals surface area contributed by atoms with Gasteiger partial charge in [0.05, 0.1) is 18.8 Å². The first kappa shape index (κ1) is 17.3. The van der Waals surface area contributed by atoms with E-state index in [1.807, 2.05) is 24.0 Å². The van der Waals surface area contributed by atoms with Crippen LogP contribution in [0.1, 0.15) is 22.5 Å². The molecule has 132 valence electrons. The molecule has 24 heavy (non-hydrogen) atoms. The Labute approximate surface area is 143 Å². The maximum atomic E-state index is 13.0. The molecule has 1 aromatic heterocycles. The molecule has 2 fully saturated rings. The summed E-state index contributed by atoms with van der Waals surface area (Å²) >= 11 is 0. The van der Waals surface area contributed by atoms with Crippen LogP contribution < -0.4 is 0 Å². The molecule has 0 aliphatic carbocycles. The van der Waals surface area contributed by atoms with Gasteiger partial charge in [-0.2, -0.15) is 0 Å². The Hall–Kier alpha value is -1.50. The minimum Gasteiger partial charge on any atom is -0.383 e. The highest BCUT2D eigenvalue weighted by Crippen LogP contribution is 2.33. The molecule has 3 rings (SSSR count). The minimum absolute atomic E-state index is 0.0387. The highest BCUT2D eigenvalue weighted by molar-refractivity contribution is 5.92. The molecule has 6 heteroatoms. The van der Waals surface area contributed by atoms with Crippen LogP contribution in [0.15, 0.2) is 18.3 Å². The number of pyridine rings is 1. The molecule has 0 N–H and O–H groups in total. The van der Waals surface area contributed by atoms with Crippen molar-refractivity contribution in [1.82, 2.24) is 14.8 Å². The van der Waals surface area contributed by atoms with E-state index in [1.165, 1.54) is 0 Å². The van der Waals surface area contributed by atoms with Crippen molar-refractivity contribution in [1.29, 1.82) is 0 Å². The lowest BCUT2D eigenvalue weighted by Crippen LogP contribution is -2.53. The molecule has 3 atom stereocenters. The molecule has 2 aliphatic rings. The zero-order chi connectivity index (χ0) is 17.1. The van der Waals surface area contributed by atoms with Crippen molar-refractivity contribution in [3.63, 3.8) is 0 Å². The van der Waals surface area contributed by atoms with E-state index < -0.39 is 0 Å². The van der Waals surface area contributed by atoms with E-state index in [1.54, 1.807) is 20.4 Å². The lowest BCUT2D eigenvalue weighted by molar-refractivity contribution is -0.0159. The first-order valence-electron chi connectivity index (χ1n) is 8.61. The van der Waals surface area contributed by atoms with Gasteiger partial charge in [-0.3, -0.25) is 14.7 Å². The minimum atomic E-state index is 0.0387. The average Bonchev–Trinajstić information content (AvgIpc) is 3.02. The molecule has 6 nitrogen and oxygen atoms in total. The molecule has 0 aromatic carbocycles. The van der Waals surface area contributed by atoms with Crippen LogP contribution in [0, 0.1) is 12.8 Å². The van der Waals surface area contributed by atoms with Gasteiger partial charge in [0.25, 0.3) is 5.91 Å². The summed E-state index contributed by atoms with van der Waals surface area (Å²) in [7, 11) is 3.50.